The van der Waals surface area contributed by atoms with Crippen molar-refractivity contribution in [2.24, 2.45) is 5.92 Å². The van der Waals surface area contributed by atoms with E-state index in [2.05, 4.69) is 34.1 Å². The number of ketones is 1. The lowest BCUT2D eigenvalue weighted by molar-refractivity contribution is 0.0889. The topological polar surface area (TPSA) is 23.6 Å². The van der Waals surface area contributed by atoms with E-state index in [1.54, 1.807) is 0 Å². The van der Waals surface area contributed by atoms with Gasteiger partial charge >= 0.3 is 0 Å². The Balaban J connectivity index is 1.38. The minimum Gasteiger partial charge on any atom is -0.370 e. The lowest BCUT2D eigenvalue weighted by Gasteiger charge is -2.24. The summed E-state index contributed by atoms with van der Waals surface area (Å²) >= 11 is 0. The Kier molecular flexibility index (Phi) is 4.88. The molecule has 3 aliphatic rings. The van der Waals surface area contributed by atoms with E-state index < -0.39 is 0 Å². The summed E-state index contributed by atoms with van der Waals surface area (Å²) in [4.78, 5) is 17.8. The molecule has 1 heterocycles. The first-order valence-corrected chi connectivity index (χ1v) is 9.94. The maximum atomic E-state index is 12.6. The molecule has 1 aromatic rings. The predicted octanol–water partition coefficient (Wildman–Crippen LogP) is 4.12. The lowest BCUT2D eigenvalue weighted by atomic mass is 9.84. The number of hydrogen-bond donors (Lipinski definition) is 0. The molecule has 3 nitrogen and oxygen atoms in total. The van der Waals surface area contributed by atoms with Crippen LogP contribution < -0.4 is 4.90 Å². The first kappa shape index (κ1) is 16.1. The molecule has 3 fully saturated rings. The van der Waals surface area contributed by atoms with Gasteiger partial charge in [-0.3, -0.25) is 9.69 Å². The van der Waals surface area contributed by atoms with Crippen molar-refractivity contribution in [1.82, 2.24) is 4.90 Å². The van der Waals surface area contributed by atoms with Gasteiger partial charge in [-0.1, -0.05) is 19.3 Å². The third-order valence-corrected chi connectivity index (χ3v) is 6.09. The third-order valence-electron chi connectivity index (χ3n) is 6.09. The van der Waals surface area contributed by atoms with E-state index in [-0.39, 0.29) is 5.92 Å². The molecule has 0 N–H and O–H groups in total. The molecule has 0 aromatic heterocycles. The van der Waals surface area contributed by atoms with Gasteiger partial charge in [0, 0.05) is 49.4 Å². The molecule has 0 amide bonds. The first-order chi connectivity index (χ1) is 11.8. The zero-order valence-corrected chi connectivity index (χ0v) is 14.8. The number of rotatable bonds is 4. The highest BCUT2D eigenvalue weighted by molar-refractivity contribution is 5.98. The molecule has 24 heavy (non-hydrogen) atoms. The van der Waals surface area contributed by atoms with Crippen molar-refractivity contribution in [2.45, 2.75) is 57.4 Å². The molecule has 1 saturated heterocycles. The Morgan fingerprint density at radius 3 is 2.25 bits per heavy atom. The summed E-state index contributed by atoms with van der Waals surface area (Å²) < 4.78 is 0. The Bertz CT molecular complexity index is 558. The van der Waals surface area contributed by atoms with Gasteiger partial charge < -0.3 is 4.90 Å². The second-order valence-corrected chi connectivity index (χ2v) is 7.85. The van der Waals surface area contributed by atoms with Gasteiger partial charge in [0.15, 0.2) is 5.78 Å². The Morgan fingerprint density at radius 2 is 1.54 bits per heavy atom. The highest BCUT2D eigenvalue weighted by Gasteiger charge is 2.30. The molecule has 3 heteroatoms. The molecular formula is C21H30N2O. The lowest BCUT2D eigenvalue weighted by Crippen LogP contribution is -2.32. The Labute approximate surface area is 146 Å². The summed E-state index contributed by atoms with van der Waals surface area (Å²) in [5.41, 5.74) is 2.20. The van der Waals surface area contributed by atoms with E-state index in [1.165, 1.54) is 57.3 Å². The van der Waals surface area contributed by atoms with Crippen LogP contribution in [-0.4, -0.2) is 42.9 Å². The average Bonchev–Trinajstić information content (AvgIpc) is 3.48. The molecule has 0 spiro atoms. The van der Waals surface area contributed by atoms with E-state index >= 15 is 0 Å². The first-order valence-electron chi connectivity index (χ1n) is 9.94. The van der Waals surface area contributed by atoms with Crippen LogP contribution in [-0.2, 0) is 0 Å². The monoisotopic (exact) mass is 326 g/mol. The quantitative estimate of drug-likeness (QED) is 0.778. The minimum atomic E-state index is 0.273. The van der Waals surface area contributed by atoms with Crippen LogP contribution in [0, 0.1) is 5.92 Å². The highest BCUT2D eigenvalue weighted by Crippen LogP contribution is 2.29. The van der Waals surface area contributed by atoms with Gasteiger partial charge in [0.25, 0.3) is 0 Å². The Morgan fingerprint density at radius 1 is 0.792 bits per heavy atom. The molecule has 0 unspecified atom stereocenters. The van der Waals surface area contributed by atoms with Gasteiger partial charge in [-0.2, -0.15) is 0 Å². The van der Waals surface area contributed by atoms with Crippen LogP contribution in [0.15, 0.2) is 24.3 Å². The van der Waals surface area contributed by atoms with Crippen molar-refractivity contribution in [3.63, 3.8) is 0 Å². The zero-order chi connectivity index (χ0) is 16.4. The van der Waals surface area contributed by atoms with E-state index in [0.29, 0.717) is 5.78 Å². The van der Waals surface area contributed by atoms with E-state index in [4.69, 9.17) is 0 Å². The fourth-order valence-corrected chi connectivity index (χ4v) is 4.44. The summed E-state index contributed by atoms with van der Waals surface area (Å²) in [6.07, 6.45) is 9.97. The van der Waals surface area contributed by atoms with E-state index in [1.807, 2.05) is 0 Å². The Hall–Kier alpha value is -1.35. The number of hydrogen-bond acceptors (Lipinski definition) is 3. The van der Waals surface area contributed by atoms with Gasteiger partial charge in [0.1, 0.15) is 0 Å². The number of benzene rings is 1. The molecule has 0 atom stereocenters. The van der Waals surface area contributed by atoms with E-state index in [9.17, 15) is 4.79 Å². The summed E-state index contributed by atoms with van der Waals surface area (Å²) in [5.74, 6) is 0.645. The van der Waals surface area contributed by atoms with E-state index in [0.717, 1.165) is 37.5 Å². The van der Waals surface area contributed by atoms with Crippen molar-refractivity contribution in [3.8, 4) is 0 Å². The van der Waals surface area contributed by atoms with Crippen molar-refractivity contribution in [1.29, 1.82) is 0 Å². The van der Waals surface area contributed by atoms with Gasteiger partial charge in [0.2, 0.25) is 0 Å². The molecule has 130 valence electrons. The summed E-state index contributed by atoms with van der Waals surface area (Å²) in [7, 11) is 0. The summed E-state index contributed by atoms with van der Waals surface area (Å²) in [6.45, 7) is 4.69. The number of nitrogens with zero attached hydrogens (tertiary/aromatic N) is 2. The normalized spacial score (nSPS) is 23.9. The van der Waals surface area contributed by atoms with Crippen LogP contribution in [0.3, 0.4) is 0 Å². The zero-order valence-electron chi connectivity index (χ0n) is 14.8. The van der Waals surface area contributed by atoms with Crippen LogP contribution in [0.5, 0.6) is 0 Å². The molecule has 2 aliphatic carbocycles. The molecule has 0 bridgehead atoms. The molecule has 1 aromatic carbocycles. The highest BCUT2D eigenvalue weighted by atomic mass is 16.1. The average molecular weight is 326 g/mol. The molecule has 0 radical (unpaired) electrons. The maximum absolute atomic E-state index is 12.6. The van der Waals surface area contributed by atoms with Gasteiger partial charge in [-0.25, -0.2) is 0 Å². The summed E-state index contributed by atoms with van der Waals surface area (Å²) in [6, 6.07) is 9.34. The van der Waals surface area contributed by atoms with Crippen LogP contribution in [0.1, 0.15) is 61.7 Å². The molecule has 4 rings (SSSR count). The molecular weight excluding hydrogens is 296 g/mol. The number of Topliss-reactive ketones (excluding diaryl/α,β-unsaturated/α-hetero) is 1. The maximum Gasteiger partial charge on any atom is 0.165 e. The van der Waals surface area contributed by atoms with Gasteiger partial charge in [0.05, 0.1) is 0 Å². The second-order valence-electron chi connectivity index (χ2n) is 7.85. The largest absolute Gasteiger partial charge is 0.370 e. The third kappa shape index (κ3) is 3.66. The van der Waals surface area contributed by atoms with Crippen molar-refractivity contribution >= 4 is 11.5 Å². The van der Waals surface area contributed by atoms with Crippen molar-refractivity contribution in [2.75, 3.05) is 31.1 Å². The SMILES string of the molecule is O=C(c1ccc(N2CCCN(C3CC3)CC2)cc1)C1CCCCC1. The predicted molar refractivity (Wildman–Crippen MR) is 98.8 cm³/mol. The number of carbonyl (C=O) groups is 1. The van der Waals surface area contributed by atoms with Crippen LogP contribution in [0.25, 0.3) is 0 Å². The minimum absolute atomic E-state index is 0.273. The second kappa shape index (κ2) is 7.26. The van der Waals surface area contributed by atoms with Crippen molar-refractivity contribution in [3.05, 3.63) is 29.8 Å². The van der Waals surface area contributed by atoms with Gasteiger partial charge in [-0.15, -0.1) is 0 Å². The van der Waals surface area contributed by atoms with Gasteiger partial charge in [-0.05, 0) is 56.4 Å². The van der Waals surface area contributed by atoms with Crippen LogP contribution in [0.4, 0.5) is 5.69 Å². The standard InChI is InChI=1S/C21H30N2O/c24-21(17-5-2-1-3-6-17)18-7-9-19(10-8-18)22-13-4-14-23(16-15-22)20-11-12-20/h7-10,17,20H,1-6,11-16H2. The molecule has 1 aliphatic heterocycles. The van der Waals surface area contributed by atoms with Crippen molar-refractivity contribution < 1.29 is 4.79 Å². The van der Waals surface area contributed by atoms with Crippen LogP contribution in [0.2, 0.25) is 0 Å². The smallest absolute Gasteiger partial charge is 0.165 e. The fourth-order valence-electron chi connectivity index (χ4n) is 4.44. The van der Waals surface area contributed by atoms with Crippen LogP contribution >= 0.6 is 0 Å². The fraction of sp³-hybridized carbons (Fsp3) is 0.667. The number of carbonyl (C=O) groups excluding carboxylic acids is 1. The summed E-state index contributed by atoms with van der Waals surface area (Å²) in [5, 5.41) is 0. The number of anilines is 1. The molecule has 2 saturated carbocycles.